The maximum Gasteiger partial charge on any atom is 0.410 e. The molecule has 1 aromatic heterocycles. The fourth-order valence-corrected chi connectivity index (χ4v) is 9.23. The van der Waals surface area contributed by atoms with Crippen LogP contribution in [-0.2, 0) is 39.8 Å². The van der Waals surface area contributed by atoms with Crippen LogP contribution in [0.5, 0.6) is 0 Å². The zero-order valence-corrected chi connectivity index (χ0v) is 38.5. The fraction of sp³-hybridized carbons (Fsp3) is 0.689. The Morgan fingerprint density at radius 2 is 1.68 bits per heavy atom. The third-order valence-electron chi connectivity index (χ3n) is 12.0. The summed E-state index contributed by atoms with van der Waals surface area (Å²) in [7, 11) is 4.86. The summed E-state index contributed by atoms with van der Waals surface area (Å²) < 4.78 is 17.6. The molecule has 9 atom stereocenters. The topological polar surface area (TPSA) is 160 Å². The van der Waals surface area contributed by atoms with Gasteiger partial charge >= 0.3 is 6.09 Å². The molecule has 60 heavy (non-hydrogen) atoms. The molecule has 2 N–H and O–H groups in total. The summed E-state index contributed by atoms with van der Waals surface area (Å²) >= 11 is 1.50. The van der Waals surface area contributed by atoms with Crippen LogP contribution in [-0.4, -0.2) is 126 Å². The maximum atomic E-state index is 14.4. The molecule has 1 aromatic carbocycles. The lowest BCUT2D eigenvalue weighted by molar-refractivity contribution is -0.148. The van der Waals surface area contributed by atoms with Gasteiger partial charge < -0.3 is 39.5 Å². The van der Waals surface area contributed by atoms with E-state index >= 15 is 0 Å². The second-order valence-electron chi connectivity index (χ2n) is 17.9. The van der Waals surface area contributed by atoms with Gasteiger partial charge in [0.15, 0.2) is 0 Å². The van der Waals surface area contributed by atoms with Crippen molar-refractivity contribution in [1.29, 1.82) is 0 Å². The summed E-state index contributed by atoms with van der Waals surface area (Å²) in [5.41, 5.74) is 0.433. The van der Waals surface area contributed by atoms with Gasteiger partial charge in [-0.2, -0.15) is 0 Å². The highest BCUT2D eigenvalue weighted by Gasteiger charge is 2.44. The molecule has 0 saturated carbocycles. The van der Waals surface area contributed by atoms with Gasteiger partial charge in [-0.25, -0.2) is 9.78 Å². The number of likely N-dealkylation sites (tertiary alicyclic amines) is 2. The summed E-state index contributed by atoms with van der Waals surface area (Å²) in [6.45, 7) is 16.2. The van der Waals surface area contributed by atoms with Crippen molar-refractivity contribution < 1.29 is 38.2 Å². The van der Waals surface area contributed by atoms with E-state index < -0.39 is 47.8 Å². The molecule has 2 saturated heterocycles. The van der Waals surface area contributed by atoms with Crippen LogP contribution in [0.25, 0.3) is 0 Å². The number of aromatic nitrogens is 1. The largest absolute Gasteiger partial charge is 0.444 e. The number of carbonyl (C=O) groups excluding carboxylic acids is 5. The molecule has 1 unspecified atom stereocenters. The van der Waals surface area contributed by atoms with Crippen molar-refractivity contribution in [1.82, 2.24) is 30.3 Å². The molecule has 0 radical (unpaired) electrons. The average Bonchev–Trinajstić information content (AvgIpc) is 4.02. The highest BCUT2D eigenvalue weighted by Crippen LogP contribution is 2.31. The molecular weight excluding hydrogens is 785 g/mol. The van der Waals surface area contributed by atoms with Gasteiger partial charge in [0, 0.05) is 52.5 Å². The van der Waals surface area contributed by atoms with E-state index in [2.05, 4.69) is 15.6 Å². The average molecular weight is 855 g/mol. The number of ether oxygens (including phenoxy) is 3. The fourth-order valence-electron chi connectivity index (χ4n) is 8.54. The molecule has 15 heteroatoms. The first kappa shape index (κ1) is 48.6. The van der Waals surface area contributed by atoms with E-state index in [4.69, 9.17) is 14.2 Å². The quantitative estimate of drug-likeness (QED) is 0.177. The Labute approximate surface area is 361 Å². The highest BCUT2D eigenvalue weighted by atomic mass is 32.1. The molecule has 5 amide bonds. The van der Waals surface area contributed by atoms with Crippen LogP contribution in [0.1, 0.15) is 104 Å². The number of benzene rings is 1. The molecule has 0 aliphatic carbocycles. The Morgan fingerprint density at radius 3 is 2.27 bits per heavy atom. The second kappa shape index (κ2) is 22.1. The molecule has 2 aliphatic rings. The monoisotopic (exact) mass is 854 g/mol. The van der Waals surface area contributed by atoms with Gasteiger partial charge in [0.2, 0.25) is 23.6 Å². The van der Waals surface area contributed by atoms with E-state index in [1.807, 2.05) is 75.2 Å². The van der Waals surface area contributed by atoms with Gasteiger partial charge in [0.25, 0.3) is 0 Å². The first-order chi connectivity index (χ1) is 28.4. The number of rotatable bonds is 19. The molecule has 334 valence electrons. The van der Waals surface area contributed by atoms with Crippen molar-refractivity contribution >= 4 is 41.1 Å². The van der Waals surface area contributed by atoms with Crippen LogP contribution in [0.2, 0.25) is 0 Å². The molecular formula is C45H70N6O8S. The van der Waals surface area contributed by atoms with E-state index in [1.165, 1.54) is 16.2 Å². The van der Waals surface area contributed by atoms with Gasteiger partial charge in [-0.05, 0) is 63.9 Å². The van der Waals surface area contributed by atoms with Crippen LogP contribution in [0.3, 0.4) is 0 Å². The Morgan fingerprint density at radius 1 is 0.983 bits per heavy atom. The van der Waals surface area contributed by atoms with Gasteiger partial charge in [-0.3, -0.25) is 19.2 Å². The molecule has 14 nitrogen and oxygen atoms in total. The Balaban J connectivity index is 1.45. The molecule has 2 aliphatic heterocycles. The molecule has 2 aromatic rings. The number of nitrogens with zero attached hydrogens (tertiary/aromatic N) is 4. The number of hydrogen-bond acceptors (Lipinski definition) is 10. The number of likely N-dealkylation sites (N-methyl/N-ethyl adjacent to an activating group) is 1. The van der Waals surface area contributed by atoms with Crippen molar-refractivity contribution in [2.75, 3.05) is 40.9 Å². The summed E-state index contributed by atoms with van der Waals surface area (Å²) in [6.07, 6.45) is 3.29. The van der Waals surface area contributed by atoms with E-state index in [1.54, 1.807) is 53.1 Å². The Kier molecular flexibility index (Phi) is 17.9. The third kappa shape index (κ3) is 12.7. The lowest BCUT2D eigenvalue weighted by Crippen LogP contribution is -2.58. The van der Waals surface area contributed by atoms with Crippen molar-refractivity contribution in [2.45, 2.75) is 136 Å². The predicted octanol–water partition coefficient (Wildman–Crippen LogP) is 5.86. The van der Waals surface area contributed by atoms with E-state index in [-0.39, 0.29) is 60.5 Å². The lowest BCUT2D eigenvalue weighted by Gasteiger charge is -2.41. The number of nitrogens with one attached hydrogen (secondary N) is 2. The number of hydrogen-bond donors (Lipinski definition) is 2. The Bertz CT molecular complexity index is 1700. The van der Waals surface area contributed by atoms with Gasteiger partial charge in [-0.15, -0.1) is 11.3 Å². The van der Waals surface area contributed by atoms with E-state index in [0.29, 0.717) is 38.8 Å². The van der Waals surface area contributed by atoms with Crippen LogP contribution >= 0.6 is 11.3 Å². The van der Waals surface area contributed by atoms with Crippen molar-refractivity contribution in [3.05, 3.63) is 52.5 Å². The summed E-state index contributed by atoms with van der Waals surface area (Å²) in [5, 5.41) is 8.95. The minimum atomic E-state index is -0.834. The number of carbonyl (C=O) groups is 5. The molecule has 0 spiro atoms. The van der Waals surface area contributed by atoms with Crippen molar-refractivity contribution in [3.8, 4) is 0 Å². The van der Waals surface area contributed by atoms with E-state index in [9.17, 15) is 24.0 Å². The zero-order valence-electron chi connectivity index (χ0n) is 37.6. The maximum absolute atomic E-state index is 14.4. The minimum absolute atomic E-state index is 0.0150. The van der Waals surface area contributed by atoms with Crippen molar-refractivity contribution in [2.24, 2.45) is 23.7 Å². The standard InChI is InChI=1S/C45H70N6O8S/c1-12-29(4)38(49(9)43(55)37(28(2)3)48-41(54)32-20-23-50(27-32)44(56)59-45(6,7)8)35(57-10)26-36(52)51-22-16-19-34(51)39(58-11)30(5)40(53)47-33(42-46-21-24-60-42)25-31-17-14-13-15-18-31/h13-15,17-18,21,24,28-30,32-35,37-39H,12,16,19-20,22-23,25-27H2,1-11H3,(H,47,53)(H,48,54)/t29-,30+,32?,33-,34-,35+,37-,38-,39+/m0/s1. The predicted molar refractivity (Wildman–Crippen MR) is 232 cm³/mol. The normalized spacial score (nSPS) is 20.5. The van der Waals surface area contributed by atoms with E-state index in [0.717, 1.165) is 17.0 Å². The van der Waals surface area contributed by atoms with Crippen LogP contribution < -0.4 is 10.6 Å². The third-order valence-corrected chi connectivity index (χ3v) is 12.9. The molecule has 3 heterocycles. The Hall–Kier alpha value is -4.08. The lowest BCUT2D eigenvalue weighted by atomic mass is 9.89. The molecule has 0 bridgehead atoms. The molecule has 4 rings (SSSR count). The first-order valence-electron chi connectivity index (χ1n) is 21.5. The van der Waals surface area contributed by atoms with Gasteiger partial charge in [-0.1, -0.05) is 71.4 Å². The van der Waals surface area contributed by atoms with Gasteiger partial charge in [0.1, 0.15) is 16.7 Å². The smallest absolute Gasteiger partial charge is 0.410 e. The second-order valence-corrected chi connectivity index (χ2v) is 18.8. The van der Waals surface area contributed by atoms with Gasteiger partial charge in [0.05, 0.1) is 48.6 Å². The van der Waals surface area contributed by atoms with Crippen LogP contribution in [0.4, 0.5) is 4.79 Å². The zero-order chi connectivity index (χ0) is 44.3. The van der Waals surface area contributed by atoms with Crippen LogP contribution in [0, 0.1) is 23.7 Å². The minimum Gasteiger partial charge on any atom is -0.444 e. The number of amides is 5. The summed E-state index contributed by atoms with van der Waals surface area (Å²) in [5.74, 6) is -2.21. The summed E-state index contributed by atoms with van der Waals surface area (Å²) in [4.78, 5) is 78.4. The number of thiazole rings is 1. The molecule has 2 fully saturated rings. The highest BCUT2D eigenvalue weighted by molar-refractivity contribution is 7.09. The van der Waals surface area contributed by atoms with Crippen molar-refractivity contribution in [3.63, 3.8) is 0 Å². The van der Waals surface area contributed by atoms with Crippen LogP contribution in [0.15, 0.2) is 41.9 Å². The summed E-state index contributed by atoms with van der Waals surface area (Å²) in [6, 6.07) is 8.00. The number of methoxy groups -OCH3 is 2. The SMILES string of the molecule is CC[C@H](C)[C@@H]([C@@H](CC(=O)N1CCC[C@H]1[C@H](OC)[C@@H](C)C(=O)N[C@@H](Cc1ccccc1)c1nccs1)OC)N(C)C(=O)[C@@H](NC(=O)C1CCN(C(=O)OC(C)(C)C)C1)C(C)C. The first-order valence-corrected chi connectivity index (χ1v) is 22.4.